The number of aryl methyl sites for hydroxylation is 1. The molecule has 2 atom stereocenters. The molecule has 0 spiro atoms. The van der Waals surface area contributed by atoms with Gasteiger partial charge in [0.2, 0.25) is 15.9 Å². The monoisotopic (exact) mass is 350 g/mol. The fourth-order valence-electron chi connectivity index (χ4n) is 3.32. The molecular weight excluding hydrogens is 324 g/mol. The molecule has 2 fully saturated rings. The SMILES string of the molecule is CCCc1ccc(S(=O)(=O)N2CCN(C(=O)[C@H]3C[C@H]3C)CC2)cc1. The highest BCUT2D eigenvalue weighted by atomic mass is 32.2. The maximum Gasteiger partial charge on any atom is 0.243 e. The van der Waals surface area contributed by atoms with E-state index in [0.29, 0.717) is 37.0 Å². The maximum absolute atomic E-state index is 12.8. The minimum atomic E-state index is -3.46. The van der Waals surface area contributed by atoms with Crippen LogP contribution in [0.5, 0.6) is 0 Å². The lowest BCUT2D eigenvalue weighted by molar-refractivity contribution is -0.134. The summed E-state index contributed by atoms with van der Waals surface area (Å²) in [6.07, 6.45) is 2.98. The Morgan fingerprint density at radius 1 is 1.12 bits per heavy atom. The number of rotatable bonds is 5. The third-order valence-corrected chi connectivity index (χ3v) is 6.99. The van der Waals surface area contributed by atoms with E-state index >= 15 is 0 Å². The fourth-order valence-corrected chi connectivity index (χ4v) is 4.74. The Labute approximate surface area is 144 Å². The standard InChI is InChI=1S/C18H26N2O3S/c1-3-4-15-5-7-16(8-6-15)24(22,23)20-11-9-19(10-12-20)18(21)17-13-14(17)2/h5-8,14,17H,3-4,9-13H2,1-2H3/t14-,17+/m1/s1. The van der Waals surface area contributed by atoms with Crippen LogP contribution in [-0.2, 0) is 21.2 Å². The molecule has 6 heteroatoms. The normalized spacial score (nSPS) is 24.8. The first-order chi connectivity index (χ1) is 11.4. The molecule has 0 bridgehead atoms. The highest BCUT2D eigenvalue weighted by molar-refractivity contribution is 7.89. The second-order valence-electron chi connectivity index (χ2n) is 6.94. The molecule has 1 heterocycles. The van der Waals surface area contributed by atoms with Crippen molar-refractivity contribution in [2.45, 2.75) is 38.0 Å². The average Bonchev–Trinajstić information content (AvgIpc) is 3.32. The van der Waals surface area contributed by atoms with E-state index in [1.807, 2.05) is 17.0 Å². The van der Waals surface area contributed by atoms with Crippen molar-refractivity contribution in [2.24, 2.45) is 11.8 Å². The van der Waals surface area contributed by atoms with Crippen molar-refractivity contribution in [2.75, 3.05) is 26.2 Å². The maximum atomic E-state index is 12.8. The molecular formula is C18H26N2O3S. The van der Waals surface area contributed by atoms with E-state index in [1.54, 1.807) is 12.1 Å². The lowest BCUT2D eigenvalue weighted by Crippen LogP contribution is -2.51. The van der Waals surface area contributed by atoms with Gasteiger partial charge in [0, 0.05) is 32.1 Å². The van der Waals surface area contributed by atoms with Crippen molar-refractivity contribution < 1.29 is 13.2 Å². The molecule has 3 rings (SSSR count). The highest BCUT2D eigenvalue weighted by Gasteiger charge is 2.42. The van der Waals surface area contributed by atoms with Gasteiger partial charge in [-0.1, -0.05) is 32.4 Å². The minimum absolute atomic E-state index is 0.166. The smallest absolute Gasteiger partial charge is 0.243 e. The second kappa shape index (κ2) is 6.84. The van der Waals surface area contributed by atoms with Gasteiger partial charge in [-0.25, -0.2) is 8.42 Å². The Hall–Kier alpha value is -1.40. The number of carbonyl (C=O) groups is 1. The quantitative estimate of drug-likeness (QED) is 0.817. The summed E-state index contributed by atoms with van der Waals surface area (Å²) in [7, 11) is -3.46. The molecule has 1 amide bonds. The molecule has 0 radical (unpaired) electrons. The van der Waals surface area contributed by atoms with Gasteiger partial charge in [0.25, 0.3) is 0 Å². The first kappa shape index (κ1) is 17.4. The first-order valence-electron chi connectivity index (χ1n) is 8.81. The number of benzene rings is 1. The molecule has 132 valence electrons. The van der Waals surface area contributed by atoms with Gasteiger partial charge in [-0.2, -0.15) is 4.31 Å². The predicted molar refractivity (Wildman–Crippen MR) is 93.0 cm³/mol. The molecule has 0 unspecified atom stereocenters. The Morgan fingerprint density at radius 3 is 2.21 bits per heavy atom. The van der Waals surface area contributed by atoms with Crippen LogP contribution in [0.15, 0.2) is 29.2 Å². The topological polar surface area (TPSA) is 57.7 Å². The van der Waals surface area contributed by atoms with E-state index in [2.05, 4.69) is 13.8 Å². The van der Waals surface area contributed by atoms with Gasteiger partial charge in [0.05, 0.1) is 4.90 Å². The van der Waals surface area contributed by atoms with Crippen molar-refractivity contribution in [3.8, 4) is 0 Å². The molecule has 1 saturated heterocycles. The van der Waals surface area contributed by atoms with Gasteiger partial charge in [-0.15, -0.1) is 0 Å². The van der Waals surface area contributed by atoms with Crippen LogP contribution < -0.4 is 0 Å². The van der Waals surface area contributed by atoms with Crippen LogP contribution in [-0.4, -0.2) is 49.7 Å². The predicted octanol–water partition coefficient (Wildman–Crippen LogP) is 2.13. The minimum Gasteiger partial charge on any atom is -0.340 e. The molecule has 2 aliphatic rings. The first-order valence-corrected chi connectivity index (χ1v) is 10.3. The van der Waals surface area contributed by atoms with Crippen molar-refractivity contribution in [3.63, 3.8) is 0 Å². The summed E-state index contributed by atoms with van der Waals surface area (Å²) in [5.41, 5.74) is 1.16. The van der Waals surface area contributed by atoms with E-state index in [9.17, 15) is 13.2 Å². The number of nitrogens with zero attached hydrogens (tertiary/aromatic N) is 2. The number of piperazine rings is 1. The van der Waals surface area contributed by atoms with Gasteiger partial charge in [-0.3, -0.25) is 4.79 Å². The molecule has 1 aliphatic heterocycles. The zero-order valence-electron chi connectivity index (χ0n) is 14.4. The van der Waals surface area contributed by atoms with Crippen LogP contribution >= 0.6 is 0 Å². The lowest BCUT2D eigenvalue weighted by atomic mass is 10.1. The summed E-state index contributed by atoms with van der Waals surface area (Å²) in [5, 5.41) is 0. The highest BCUT2D eigenvalue weighted by Crippen LogP contribution is 2.39. The third-order valence-electron chi connectivity index (χ3n) is 5.08. The van der Waals surface area contributed by atoms with Crippen LogP contribution in [0, 0.1) is 11.8 Å². The van der Waals surface area contributed by atoms with Gasteiger partial charge in [-0.05, 0) is 36.5 Å². The van der Waals surface area contributed by atoms with Crippen molar-refractivity contribution in [1.29, 1.82) is 0 Å². The number of amides is 1. The fraction of sp³-hybridized carbons (Fsp3) is 0.611. The molecule has 0 aromatic heterocycles. The van der Waals surface area contributed by atoms with Crippen LogP contribution in [0.1, 0.15) is 32.3 Å². The Balaban J connectivity index is 1.63. The average molecular weight is 350 g/mol. The largest absolute Gasteiger partial charge is 0.340 e. The van der Waals surface area contributed by atoms with Crippen molar-refractivity contribution >= 4 is 15.9 Å². The molecule has 0 N–H and O–H groups in total. The van der Waals surface area contributed by atoms with E-state index in [4.69, 9.17) is 0 Å². The van der Waals surface area contributed by atoms with Crippen LogP contribution in [0.2, 0.25) is 0 Å². The van der Waals surface area contributed by atoms with Crippen molar-refractivity contribution in [3.05, 3.63) is 29.8 Å². The Morgan fingerprint density at radius 2 is 1.71 bits per heavy atom. The summed E-state index contributed by atoms with van der Waals surface area (Å²) in [6.45, 7) is 5.95. The van der Waals surface area contributed by atoms with Gasteiger partial charge >= 0.3 is 0 Å². The van der Waals surface area contributed by atoms with E-state index in [-0.39, 0.29) is 11.8 Å². The Bertz CT molecular complexity index is 691. The van der Waals surface area contributed by atoms with Gasteiger partial charge < -0.3 is 4.90 Å². The second-order valence-corrected chi connectivity index (χ2v) is 8.88. The van der Waals surface area contributed by atoms with Crippen LogP contribution in [0.3, 0.4) is 0 Å². The van der Waals surface area contributed by atoms with E-state index in [1.165, 1.54) is 4.31 Å². The molecule has 5 nitrogen and oxygen atoms in total. The summed E-state index contributed by atoms with van der Waals surface area (Å²) in [5.74, 6) is 0.851. The zero-order chi connectivity index (χ0) is 17.3. The number of carbonyl (C=O) groups excluding carboxylic acids is 1. The number of sulfonamides is 1. The third kappa shape index (κ3) is 3.49. The summed E-state index contributed by atoms with van der Waals surface area (Å²) in [4.78, 5) is 14.4. The number of hydrogen-bond donors (Lipinski definition) is 0. The zero-order valence-corrected chi connectivity index (χ0v) is 15.3. The lowest BCUT2D eigenvalue weighted by Gasteiger charge is -2.34. The summed E-state index contributed by atoms with van der Waals surface area (Å²) in [6, 6.07) is 7.18. The molecule has 24 heavy (non-hydrogen) atoms. The summed E-state index contributed by atoms with van der Waals surface area (Å²) >= 11 is 0. The molecule has 1 aromatic rings. The summed E-state index contributed by atoms with van der Waals surface area (Å²) < 4.78 is 27.0. The molecule has 1 aromatic carbocycles. The number of hydrogen-bond acceptors (Lipinski definition) is 3. The Kier molecular flexibility index (Phi) is 4.97. The van der Waals surface area contributed by atoms with Gasteiger partial charge in [0.15, 0.2) is 0 Å². The molecule has 1 aliphatic carbocycles. The van der Waals surface area contributed by atoms with Crippen LogP contribution in [0.25, 0.3) is 0 Å². The van der Waals surface area contributed by atoms with Crippen LogP contribution in [0.4, 0.5) is 0 Å². The molecule has 1 saturated carbocycles. The van der Waals surface area contributed by atoms with Gasteiger partial charge in [0.1, 0.15) is 0 Å². The van der Waals surface area contributed by atoms with E-state index in [0.717, 1.165) is 24.8 Å². The van der Waals surface area contributed by atoms with E-state index < -0.39 is 10.0 Å². The van der Waals surface area contributed by atoms with Crippen molar-refractivity contribution in [1.82, 2.24) is 9.21 Å².